The van der Waals surface area contributed by atoms with E-state index < -0.39 is 6.04 Å². The maximum absolute atomic E-state index is 13.5. The Bertz CT molecular complexity index is 1320. The Hall–Kier alpha value is -4.39. The number of carbonyl (C=O) groups excluding carboxylic acids is 1. The van der Waals surface area contributed by atoms with Crippen molar-refractivity contribution in [2.45, 2.75) is 26.1 Å². The number of hydrogen-bond donors (Lipinski definition) is 2. The molecule has 1 aliphatic rings. The van der Waals surface area contributed by atoms with Crippen molar-refractivity contribution >= 4 is 11.9 Å². The number of amides is 1. The molecule has 0 fully saturated rings. The highest BCUT2D eigenvalue weighted by atomic mass is 16.5. The van der Waals surface area contributed by atoms with Crippen LogP contribution in [0.5, 0.6) is 5.75 Å². The number of nitrogens with zero attached hydrogens (tertiary/aromatic N) is 3. The fourth-order valence-corrected chi connectivity index (χ4v) is 4.12. The Labute approximate surface area is 198 Å². The smallest absolute Gasteiger partial charge is 0.251 e. The average molecular weight is 452 g/mol. The molecule has 0 bridgehead atoms. The van der Waals surface area contributed by atoms with Crippen LogP contribution in [0.15, 0.2) is 103 Å². The average Bonchev–Trinajstić information content (AvgIpc) is 3.35. The van der Waals surface area contributed by atoms with E-state index in [0.29, 0.717) is 30.4 Å². The molecule has 0 aliphatic carbocycles. The topological polar surface area (TPSA) is 81.1 Å². The van der Waals surface area contributed by atoms with Crippen molar-refractivity contribution in [2.24, 2.45) is 0 Å². The second kappa shape index (κ2) is 9.62. The Kier molecular flexibility index (Phi) is 6.07. The van der Waals surface area contributed by atoms with Gasteiger partial charge in [-0.15, -0.1) is 0 Å². The van der Waals surface area contributed by atoms with Gasteiger partial charge >= 0.3 is 0 Å². The fourth-order valence-electron chi connectivity index (χ4n) is 4.12. The van der Waals surface area contributed by atoms with Crippen molar-refractivity contribution in [3.05, 3.63) is 119 Å². The van der Waals surface area contributed by atoms with Crippen LogP contribution in [-0.4, -0.2) is 20.7 Å². The summed E-state index contributed by atoms with van der Waals surface area (Å²) in [6.45, 7) is 2.74. The Morgan fingerprint density at radius 1 is 0.971 bits per heavy atom. The number of nitrogens with one attached hydrogen (secondary N) is 2. The summed E-state index contributed by atoms with van der Waals surface area (Å²) in [7, 11) is 0. The van der Waals surface area contributed by atoms with Gasteiger partial charge in [-0.1, -0.05) is 78.9 Å². The third-order valence-corrected chi connectivity index (χ3v) is 5.79. The van der Waals surface area contributed by atoms with Gasteiger partial charge in [0.2, 0.25) is 5.95 Å². The van der Waals surface area contributed by atoms with Crippen molar-refractivity contribution in [3.8, 4) is 5.75 Å². The van der Waals surface area contributed by atoms with Gasteiger partial charge in [0.25, 0.3) is 5.91 Å². The minimum absolute atomic E-state index is 0.169. The molecule has 170 valence electrons. The van der Waals surface area contributed by atoms with E-state index in [1.54, 1.807) is 4.68 Å². The summed E-state index contributed by atoms with van der Waals surface area (Å²) in [5, 5.41) is 10.7. The molecule has 2 N–H and O–H groups in total. The molecule has 0 saturated carbocycles. The molecule has 1 aliphatic heterocycles. The fraction of sp³-hybridized carbons (Fsp3) is 0.148. The molecule has 1 aromatic heterocycles. The number of anilines is 1. The summed E-state index contributed by atoms with van der Waals surface area (Å²) in [5.74, 6) is 1.11. The summed E-state index contributed by atoms with van der Waals surface area (Å²) in [5.41, 5.74) is 4.24. The van der Waals surface area contributed by atoms with Crippen LogP contribution in [0.3, 0.4) is 0 Å². The third-order valence-electron chi connectivity index (χ3n) is 5.79. The number of fused-ring (bicyclic) bond motifs is 1. The van der Waals surface area contributed by atoms with Crippen molar-refractivity contribution in [3.63, 3.8) is 0 Å². The Morgan fingerprint density at radius 3 is 2.41 bits per heavy atom. The molecular weight excluding hydrogens is 426 g/mol. The molecule has 7 heteroatoms. The second-order valence-corrected chi connectivity index (χ2v) is 8.07. The number of allylic oxidation sites excluding steroid dienone is 1. The molecule has 0 unspecified atom stereocenters. The van der Waals surface area contributed by atoms with Crippen LogP contribution in [0.4, 0.5) is 5.95 Å². The van der Waals surface area contributed by atoms with Gasteiger partial charge in [0.1, 0.15) is 24.7 Å². The highest BCUT2D eigenvalue weighted by molar-refractivity contribution is 5.96. The lowest BCUT2D eigenvalue weighted by Gasteiger charge is -2.29. The highest BCUT2D eigenvalue weighted by Crippen LogP contribution is 2.38. The number of hydrogen-bond acceptors (Lipinski definition) is 5. The molecule has 7 nitrogen and oxygen atoms in total. The first-order valence-electron chi connectivity index (χ1n) is 11.2. The van der Waals surface area contributed by atoms with Gasteiger partial charge in [-0.25, -0.2) is 4.68 Å². The molecule has 4 aromatic rings. The van der Waals surface area contributed by atoms with Gasteiger partial charge in [0, 0.05) is 17.8 Å². The molecule has 1 amide bonds. The minimum atomic E-state index is -0.485. The van der Waals surface area contributed by atoms with E-state index in [9.17, 15) is 4.79 Å². The molecule has 34 heavy (non-hydrogen) atoms. The lowest BCUT2D eigenvalue weighted by atomic mass is 9.94. The summed E-state index contributed by atoms with van der Waals surface area (Å²) in [6, 6.07) is 27.1. The maximum Gasteiger partial charge on any atom is 0.251 e. The largest absolute Gasteiger partial charge is 0.489 e. The van der Waals surface area contributed by atoms with Gasteiger partial charge in [-0.3, -0.25) is 4.79 Å². The van der Waals surface area contributed by atoms with Gasteiger partial charge in [0.15, 0.2) is 0 Å². The number of rotatable bonds is 7. The second-order valence-electron chi connectivity index (χ2n) is 8.07. The zero-order valence-corrected chi connectivity index (χ0v) is 18.8. The number of para-hydroxylation sites is 1. The standard InChI is InChI=1S/C27H25N5O2/c1-19-24(26(33)28-16-20-10-4-2-5-11-20)25(32-27(31-19)29-18-30-32)22-14-8-9-15-23(22)34-17-21-12-6-3-7-13-21/h2-15,18,25H,16-17H2,1H3,(H,28,33)(H,29,30,31)/t25-/m1/s1. The summed E-state index contributed by atoms with van der Waals surface area (Å²) in [6.07, 6.45) is 1.49. The molecule has 1 atom stereocenters. The normalized spacial score (nSPS) is 14.8. The summed E-state index contributed by atoms with van der Waals surface area (Å²) in [4.78, 5) is 17.8. The molecule has 0 saturated heterocycles. The Morgan fingerprint density at radius 2 is 1.65 bits per heavy atom. The summed E-state index contributed by atoms with van der Waals surface area (Å²) >= 11 is 0. The third kappa shape index (κ3) is 4.41. The van der Waals surface area contributed by atoms with E-state index in [-0.39, 0.29) is 5.91 Å². The molecule has 3 aromatic carbocycles. The van der Waals surface area contributed by atoms with E-state index in [2.05, 4.69) is 20.7 Å². The first-order chi connectivity index (χ1) is 16.7. The molecule has 2 heterocycles. The van der Waals surface area contributed by atoms with E-state index in [1.807, 2.05) is 91.9 Å². The lowest BCUT2D eigenvalue weighted by Crippen LogP contribution is -2.35. The zero-order valence-electron chi connectivity index (χ0n) is 18.8. The van der Waals surface area contributed by atoms with Crippen LogP contribution in [-0.2, 0) is 17.9 Å². The molecule has 0 spiro atoms. The molecular formula is C27H25N5O2. The highest BCUT2D eigenvalue weighted by Gasteiger charge is 2.35. The van der Waals surface area contributed by atoms with Gasteiger partial charge in [0.05, 0.1) is 5.57 Å². The SMILES string of the molecule is CC1=C(C(=O)NCc2ccccc2)[C@@H](c2ccccc2OCc2ccccc2)n2ncnc2N1. The van der Waals surface area contributed by atoms with Gasteiger partial charge in [-0.05, 0) is 24.1 Å². The Balaban J connectivity index is 1.47. The minimum Gasteiger partial charge on any atom is -0.489 e. The van der Waals surface area contributed by atoms with Crippen LogP contribution in [0.1, 0.15) is 29.7 Å². The van der Waals surface area contributed by atoms with E-state index in [4.69, 9.17) is 4.74 Å². The van der Waals surface area contributed by atoms with Crippen LogP contribution in [0, 0.1) is 0 Å². The van der Waals surface area contributed by atoms with Crippen LogP contribution >= 0.6 is 0 Å². The molecule has 0 radical (unpaired) electrons. The first kappa shape index (κ1) is 21.5. The number of aromatic nitrogens is 3. The van der Waals surface area contributed by atoms with Crippen LogP contribution < -0.4 is 15.4 Å². The van der Waals surface area contributed by atoms with Crippen molar-refractivity contribution < 1.29 is 9.53 Å². The first-order valence-corrected chi connectivity index (χ1v) is 11.2. The van der Waals surface area contributed by atoms with Crippen molar-refractivity contribution in [1.82, 2.24) is 20.1 Å². The monoisotopic (exact) mass is 451 g/mol. The summed E-state index contributed by atoms with van der Waals surface area (Å²) < 4.78 is 7.96. The predicted octanol–water partition coefficient (Wildman–Crippen LogP) is 4.46. The van der Waals surface area contributed by atoms with E-state index >= 15 is 0 Å². The van der Waals surface area contributed by atoms with E-state index in [0.717, 1.165) is 22.4 Å². The zero-order chi connectivity index (χ0) is 23.3. The number of ether oxygens (including phenoxy) is 1. The number of benzene rings is 3. The van der Waals surface area contributed by atoms with Crippen molar-refractivity contribution in [2.75, 3.05) is 5.32 Å². The van der Waals surface area contributed by atoms with Crippen molar-refractivity contribution in [1.29, 1.82) is 0 Å². The quantitative estimate of drug-likeness (QED) is 0.434. The number of carbonyl (C=O) groups is 1. The van der Waals surface area contributed by atoms with Crippen LogP contribution in [0.25, 0.3) is 0 Å². The predicted molar refractivity (Wildman–Crippen MR) is 130 cm³/mol. The van der Waals surface area contributed by atoms with E-state index in [1.165, 1.54) is 6.33 Å². The van der Waals surface area contributed by atoms with Gasteiger partial charge < -0.3 is 15.4 Å². The lowest BCUT2D eigenvalue weighted by molar-refractivity contribution is -0.118. The van der Waals surface area contributed by atoms with Gasteiger partial charge in [-0.2, -0.15) is 10.1 Å². The maximum atomic E-state index is 13.5. The molecule has 5 rings (SSSR count). The van der Waals surface area contributed by atoms with Crippen LogP contribution in [0.2, 0.25) is 0 Å².